The van der Waals surface area contributed by atoms with Gasteiger partial charge >= 0.3 is 0 Å². The fourth-order valence-corrected chi connectivity index (χ4v) is 2.95. The molecule has 2 N–H and O–H groups in total. The quantitative estimate of drug-likeness (QED) is 0.769. The fourth-order valence-electron chi connectivity index (χ4n) is 1.66. The predicted molar refractivity (Wildman–Crippen MR) is 86.9 cm³/mol. The van der Waals surface area contributed by atoms with Crippen molar-refractivity contribution in [3.8, 4) is 5.75 Å². The average Bonchev–Trinajstić information content (AvgIpc) is 2.50. The molecule has 0 fully saturated rings. The van der Waals surface area contributed by atoms with Gasteiger partial charge in [0, 0.05) is 15.8 Å². The van der Waals surface area contributed by atoms with Crippen molar-refractivity contribution in [2.45, 2.75) is 4.90 Å². The van der Waals surface area contributed by atoms with Gasteiger partial charge in [-0.3, -0.25) is 4.79 Å². The van der Waals surface area contributed by atoms with Crippen molar-refractivity contribution >= 4 is 44.7 Å². The van der Waals surface area contributed by atoms with E-state index in [-0.39, 0.29) is 0 Å². The zero-order chi connectivity index (χ0) is 15.2. The minimum absolute atomic E-state index is 0.451. The van der Waals surface area contributed by atoms with Crippen LogP contribution in [0.25, 0.3) is 0 Å². The third kappa shape index (κ3) is 4.05. The summed E-state index contributed by atoms with van der Waals surface area (Å²) in [6, 6.07) is 12.2. The first-order valence-corrected chi connectivity index (χ1v) is 7.90. The molecule has 0 spiro atoms. The molecular formula is C14H13BrN2O3S. The van der Waals surface area contributed by atoms with E-state index in [9.17, 15) is 9.00 Å². The summed E-state index contributed by atoms with van der Waals surface area (Å²) in [6.45, 7) is 0. The van der Waals surface area contributed by atoms with Crippen molar-refractivity contribution in [3.05, 3.63) is 46.9 Å². The maximum atomic E-state index is 12.4. The Morgan fingerprint density at radius 3 is 2.43 bits per heavy atom. The van der Waals surface area contributed by atoms with E-state index in [1.54, 1.807) is 18.2 Å². The zero-order valence-electron chi connectivity index (χ0n) is 11.1. The van der Waals surface area contributed by atoms with Crippen LogP contribution in [0.4, 0.5) is 11.4 Å². The summed E-state index contributed by atoms with van der Waals surface area (Å²) in [5.74, 6) is 0.481. The summed E-state index contributed by atoms with van der Waals surface area (Å²) in [4.78, 5) is 10.9. The zero-order valence-corrected chi connectivity index (χ0v) is 13.5. The van der Waals surface area contributed by atoms with Crippen molar-refractivity contribution in [1.29, 1.82) is 0 Å². The van der Waals surface area contributed by atoms with E-state index < -0.39 is 11.0 Å². The Labute approximate surface area is 133 Å². The molecule has 0 aliphatic carbocycles. The van der Waals surface area contributed by atoms with E-state index >= 15 is 0 Å². The monoisotopic (exact) mass is 368 g/mol. The molecule has 0 radical (unpaired) electrons. The van der Waals surface area contributed by atoms with Gasteiger partial charge in [-0.25, -0.2) is 4.21 Å². The van der Waals surface area contributed by atoms with Crippen molar-refractivity contribution in [3.63, 3.8) is 0 Å². The van der Waals surface area contributed by atoms with Gasteiger partial charge in [0.2, 0.25) is 6.41 Å². The average molecular weight is 369 g/mol. The lowest BCUT2D eigenvalue weighted by molar-refractivity contribution is -0.105. The van der Waals surface area contributed by atoms with Gasteiger partial charge in [0.25, 0.3) is 0 Å². The molecule has 110 valence electrons. The van der Waals surface area contributed by atoms with E-state index in [2.05, 4.69) is 26.0 Å². The lowest BCUT2D eigenvalue weighted by Gasteiger charge is -2.11. The second-order valence-corrected chi connectivity index (χ2v) is 6.10. The number of rotatable bonds is 6. The molecule has 2 rings (SSSR count). The highest BCUT2D eigenvalue weighted by atomic mass is 79.9. The number of nitrogens with one attached hydrogen (secondary N) is 2. The number of methoxy groups -OCH3 is 1. The van der Waals surface area contributed by atoms with Crippen LogP contribution in [-0.4, -0.2) is 17.7 Å². The number of halogens is 1. The number of anilines is 2. The highest BCUT2D eigenvalue weighted by molar-refractivity contribution is 9.10. The normalized spacial score (nSPS) is 11.5. The van der Waals surface area contributed by atoms with Crippen molar-refractivity contribution in [2.75, 3.05) is 17.1 Å². The largest absolute Gasteiger partial charge is 0.495 e. The number of hydrogen-bond donors (Lipinski definition) is 2. The van der Waals surface area contributed by atoms with Gasteiger partial charge in [-0.1, -0.05) is 15.9 Å². The number of benzene rings is 2. The lowest BCUT2D eigenvalue weighted by atomic mass is 10.3. The molecule has 0 aliphatic rings. The van der Waals surface area contributed by atoms with Crippen LogP contribution < -0.4 is 14.8 Å². The van der Waals surface area contributed by atoms with Crippen LogP contribution in [0.3, 0.4) is 0 Å². The van der Waals surface area contributed by atoms with Crippen LogP contribution in [0, 0.1) is 0 Å². The molecule has 5 nitrogen and oxygen atoms in total. The molecule has 0 heterocycles. The van der Waals surface area contributed by atoms with Gasteiger partial charge in [0.1, 0.15) is 10.6 Å². The Kier molecular flexibility index (Phi) is 5.35. The standard InChI is InChI=1S/C14H13BrN2O3S/c1-20-13-7-6-12(16-9-18)8-14(13)21(19)17-11-4-2-10(15)3-5-11/h2-9,17H,1H3,(H,16,18). The molecule has 0 aromatic heterocycles. The van der Waals surface area contributed by atoms with Gasteiger partial charge in [0.05, 0.1) is 7.11 Å². The topological polar surface area (TPSA) is 67.4 Å². The van der Waals surface area contributed by atoms with Crippen molar-refractivity contribution < 1.29 is 13.7 Å². The maximum absolute atomic E-state index is 12.4. The van der Waals surface area contributed by atoms with E-state index in [1.807, 2.05) is 24.3 Å². The second kappa shape index (κ2) is 7.24. The molecule has 0 bridgehead atoms. The van der Waals surface area contributed by atoms with Crippen LogP contribution in [0.1, 0.15) is 0 Å². The number of carbonyl (C=O) groups excluding carboxylic acids is 1. The Balaban J connectivity index is 2.26. The minimum atomic E-state index is -1.51. The van der Waals surface area contributed by atoms with Gasteiger partial charge in [-0.15, -0.1) is 0 Å². The highest BCUT2D eigenvalue weighted by Gasteiger charge is 2.12. The van der Waals surface area contributed by atoms with E-state index in [0.717, 1.165) is 4.47 Å². The first-order valence-electron chi connectivity index (χ1n) is 5.96. The number of carbonyl (C=O) groups is 1. The van der Waals surface area contributed by atoms with Crippen molar-refractivity contribution in [1.82, 2.24) is 0 Å². The predicted octanol–water partition coefficient (Wildman–Crippen LogP) is 3.16. The maximum Gasteiger partial charge on any atom is 0.211 e. The first-order chi connectivity index (χ1) is 10.1. The number of ether oxygens (including phenoxy) is 1. The smallest absolute Gasteiger partial charge is 0.211 e. The van der Waals surface area contributed by atoms with Gasteiger partial charge in [-0.05, 0) is 42.5 Å². The van der Waals surface area contributed by atoms with Crippen molar-refractivity contribution in [2.24, 2.45) is 0 Å². The highest BCUT2D eigenvalue weighted by Crippen LogP contribution is 2.27. The summed E-state index contributed by atoms with van der Waals surface area (Å²) >= 11 is 3.34. The first kappa shape index (κ1) is 15.5. The molecule has 2 aromatic rings. The van der Waals surface area contributed by atoms with Crippen LogP contribution >= 0.6 is 15.9 Å². The third-order valence-electron chi connectivity index (χ3n) is 2.64. The van der Waals surface area contributed by atoms with Gasteiger partial charge in [0.15, 0.2) is 11.0 Å². The number of amides is 1. The molecule has 2 aromatic carbocycles. The third-order valence-corrected chi connectivity index (χ3v) is 4.31. The van der Waals surface area contributed by atoms with E-state index in [1.165, 1.54) is 7.11 Å². The molecule has 7 heteroatoms. The summed E-state index contributed by atoms with van der Waals surface area (Å²) in [5, 5.41) is 2.52. The molecule has 1 unspecified atom stereocenters. The Bertz CT molecular complexity index is 662. The van der Waals surface area contributed by atoms with Gasteiger partial charge < -0.3 is 14.8 Å². The fraction of sp³-hybridized carbons (Fsp3) is 0.0714. The molecular weight excluding hydrogens is 356 g/mol. The van der Waals surface area contributed by atoms with E-state index in [0.29, 0.717) is 28.4 Å². The Morgan fingerprint density at radius 2 is 1.81 bits per heavy atom. The van der Waals surface area contributed by atoms with Gasteiger partial charge in [-0.2, -0.15) is 0 Å². The lowest BCUT2D eigenvalue weighted by Crippen LogP contribution is -2.07. The van der Waals surface area contributed by atoms with Crippen LogP contribution in [-0.2, 0) is 15.8 Å². The Hall–Kier alpha value is -1.86. The summed E-state index contributed by atoms with van der Waals surface area (Å²) in [7, 11) is -0.0101. The van der Waals surface area contributed by atoms with Crippen LogP contribution in [0.15, 0.2) is 51.8 Å². The summed E-state index contributed by atoms with van der Waals surface area (Å²) in [6.07, 6.45) is 0.566. The summed E-state index contributed by atoms with van der Waals surface area (Å²) < 4.78 is 21.5. The molecule has 21 heavy (non-hydrogen) atoms. The van der Waals surface area contributed by atoms with Crippen LogP contribution in [0.2, 0.25) is 0 Å². The molecule has 1 amide bonds. The molecule has 1 atom stereocenters. The second-order valence-electron chi connectivity index (χ2n) is 4.01. The molecule has 0 saturated carbocycles. The molecule has 0 saturated heterocycles. The van der Waals surface area contributed by atoms with Crippen LogP contribution in [0.5, 0.6) is 5.75 Å². The number of hydrogen-bond acceptors (Lipinski definition) is 3. The van der Waals surface area contributed by atoms with E-state index in [4.69, 9.17) is 4.74 Å². The summed E-state index contributed by atoms with van der Waals surface area (Å²) in [5.41, 5.74) is 1.26. The molecule has 0 aliphatic heterocycles. The Morgan fingerprint density at radius 1 is 1.14 bits per heavy atom. The SMILES string of the molecule is COc1ccc(NC=O)cc1S(=O)Nc1ccc(Br)cc1. The minimum Gasteiger partial charge on any atom is -0.495 e.